The fourth-order valence-corrected chi connectivity index (χ4v) is 3.35. The second-order valence-corrected chi connectivity index (χ2v) is 6.77. The van der Waals surface area contributed by atoms with Gasteiger partial charge in [-0.25, -0.2) is 13.2 Å². The summed E-state index contributed by atoms with van der Waals surface area (Å²) in [7, 11) is 2.53. The second kappa shape index (κ2) is 8.99. The lowest BCUT2D eigenvalue weighted by Gasteiger charge is -2.18. The van der Waals surface area contributed by atoms with Gasteiger partial charge in [0.1, 0.15) is 5.82 Å². The Morgan fingerprint density at radius 2 is 1.77 bits per heavy atom. The number of carbonyl (C=O) groups is 1. The van der Waals surface area contributed by atoms with E-state index in [-0.39, 0.29) is 41.2 Å². The number of rotatable bonds is 7. The van der Waals surface area contributed by atoms with E-state index in [0.29, 0.717) is 17.7 Å². The van der Waals surface area contributed by atoms with Gasteiger partial charge in [0, 0.05) is 29.7 Å². The molecular weight excluding hydrogens is 417 g/mol. The van der Waals surface area contributed by atoms with Crippen molar-refractivity contribution < 1.29 is 32.5 Å². The number of phenolic OH excluding ortho intramolecular Hbond substituents is 1. The van der Waals surface area contributed by atoms with Gasteiger partial charge in [-0.2, -0.15) is 0 Å². The summed E-state index contributed by atoms with van der Waals surface area (Å²) in [5, 5.41) is 14.9. The van der Waals surface area contributed by atoms with Gasteiger partial charge in [-0.05, 0) is 29.3 Å². The molecule has 0 saturated heterocycles. The number of benzene rings is 2. The van der Waals surface area contributed by atoms with Crippen molar-refractivity contribution in [2.75, 3.05) is 14.2 Å². The number of aromatic nitrogens is 2. The van der Waals surface area contributed by atoms with Crippen molar-refractivity contribution in [1.29, 1.82) is 0 Å². The predicted octanol–water partition coefficient (Wildman–Crippen LogP) is 3.12. The van der Waals surface area contributed by atoms with Crippen LogP contribution < -0.4 is 10.3 Å². The van der Waals surface area contributed by atoms with E-state index in [1.54, 1.807) is 0 Å². The smallest absolute Gasteiger partial charge is 0.306 e. The Balaban J connectivity index is 2.10. The summed E-state index contributed by atoms with van der Waals surface area (Å²) in [5.74, 6) is -5.05. The van der Waals surface area contributed by atoms with Crippen LogP contribution in [0.4, 0.5) is 13.2 Å². The first-order valence-electron chi connectivity index (χ1n) is 9.11. The molecule has 7 nitrogen and oxygen atoms in total. The molecule has 10 heteroatoms. The fraction of sp³-hybridized carbons (Fsp3) is 0.238. The van der Waals surface area contributed by atoms with Crippen LogP contribution in [0.1, 0.15) is 34.7 Å². The van der Waals surface area contributed by atoms with Crippen LogP contribution in [0.2, 0.25) is 0 Å². The molecule has 2 aromatic carbocycles. The lowest BCUT2D eigenvalue weighted by Crippen LogP contribution is -2.18. The molecule has 0 aliphatic carbocycles. The molecule has 0 radical (unpaired) electrons. The first-order valence-corrected chi connectivity index (χ1v) is 9.11. The number of nitrogens with one attached hydrogen (secondary N) is 2. The predicted molar refractivity (Wildman–Crippen MR) is 104 cm³/mol. The average Bonchev–Trinajstić information content (AvgIpc) is 3.10. The Hall–Kier alpha value is -3.69. The highest BCUT2D eigenvalue weighted by Crippen LogP contribution is 2.35. The van der Waals surface area contributed by atoms with Crippen LogP contribution in [0.15, 0.2) is 35.1 Å². The van der Waals surface area contributed by atoms with Crippen LogP contribution in [-0.2, 0) is 16.0 Å². The molecular formula is C21H19F3N2O5. The summed E-state index contributed by atoms with van der Waals surface area (Å²) in [4.78, 5) is 24.6. The zero-order valence-corrected chi connectivity index (χ0v) is 16.6. The molecule has 0 saturated carbocycles. The first-order chi connectivity index (χ1) is 14.7. The maximum atomic E-state index is 14.2. The third-order valence-corrected chi connectivity index (χ3v) is 4.91. The van der Waals surface area contributed by atoms with Gasteiger partial charge in [0.2, 0.25) is 0 Å². The Bertz CT molecular complexity index is 1170. The van der Waals surface area contributed by atoms with E-state index in [0.717, 1.165) is 0 Å². The largest absolute Gasteiger partial charge is 0.504 e. The molecule has 3 N–H and O–H groups in total. The summed E-state index contributed by atoms with van der Waals surface area (Å²) in [5.41, 5.74) is -0.0651. The van der Waals surface area contributed by atoms with Gasteiger partial charge in [0.05, 0.1) is 20.6 Å². The van der Waals surface area contributed by atoms with E-state index in [1.807, 2.05) is 0 Å². The first kappa shape index (κ1) is 22.0. The molecule has 0 unspecified atom stereocenters. The summed E-state index contributed by atoms with van der Waals surface area (Å²) in [6.45, 7) is 0. The van der Waals surface area contributed by atoms with Gasteiger partial charge in [0.15, 0.2) is 23.1 Å². The van der Waals surface area contributed by atoms with Gasteiger partial charge in [-0.3, -0.25) is 14.7 Å². The molecule has 0 amide bonds. The summed E-state index contributed by atoms with van der Waals surface area (Å²) < 4.78 is 50.9. The lowest BCUT2D eigenvalue weighted by atomic mass is 9.87. The Morgan fingerprint density at radius 1 is 1.06 bits per heavy atom. The normalized spacial score (nSPS) is 11.9. The SMILES string of the molecule is COC(=O)C[C@@H](c1ccc(O)c(OC)c1)c1c(Cc2cc(F)c(F)cc2F)[nH][nH]c1=O. The Morgan fingerprint density at radius 3 is 2.45 bits per heavy atom. The Labute approximate surface area is 174 Å². The summed E-state index contributed by atoms with van der Waals surface area (Å²) in [6.07, 6.45) is -0.525. The Kier molecular flexibility index (Phi) is 6.38. The van der Waals surface area contributed by atoms with E-state index in [1.165, 1.54) is 32.4 Å². The third kappa shape index (κ3) is 4.57. The fourth-order valence-electron chi connectivity index (χ4n) is 3.35. The van der Waals surface area contributed by atoms with Crippen LogP contribution in [-0.4, -0.2) is 35.5 Å². The number of hydrogen-bond acceptors (Lipinski definition) is 5. The maximum Gasteiger partial charge on any atom is 0.306 e. The number of esters is 1. The number of carbonyl (C=O) groups excluding carboxylic acids is 1. The van der Waals surface area contributed by atoms with Crippen molar-refractivity contribution >= 4 is 5.97 Å². The van der Waals surface area contributed by atoms with Crippen molar-refractivity contribution in [3.8, 4) is 11.5 Å². The van der Waals surface area contributed by atoms with Crippen molar-refractivity contribution in [2.24, 2.45) is 0 Å². The lowest BCUT2D eigenvalue weighted by molar-refractivity contribution is -0.140. The zero-order valence-electron chi connectivity index (χ0n) is 16.6. The van der Waals surface area contributed by atoms with Crippen LogP contribution in [0.5, 0.6) is 11.5 Å². The quantitative estimate of drug-likeness (QED) is 0.390. The van der Waals surface area contributed by atoms with Crippen LogP contribution in [0.25, 0.3) is 0 Å². The second-order valence-electron chi connectivity index (χ2n) is 6.77. The summed E-state index contributed by atoms with van der Waals surface area (Å²) in [6, 6.07) is 5.43. The summed E-state index contributed by atoms with van der Waals surface area (Å²) >= 11 is 0. The molecule has 0 bridgehead atoms. The molecule has 0 spiro atoms. The van der Waals surface area contributed by atoms with Crippen LogP contribution >= 0.6 is 0 Å². The third-order valence-electron chi connectivity index (χ3n) is 4.91. The standard InChI is InChI=1S/C21H19F3N2O5/c1-30-18-7-10(3-4-17(18)27)12(8-19(28)31-2)20-16(25-26-21(20)29)6-11-5-14(23)15(24)9-13(11)22/h3-5,7,9,12,27H,6,8H2,1-2H3,(H2,25,26,29)/t12-/m0/s1. The minimum absolute atomic E-state index is 0.0854. The number of aromatic amines is 2. The highest BCUT2D eigenvalue weighted by Gasteiger charge is 2.27. The van der Waals surface area contributed by atoms with E-state index in [9.17, 15) is 27.9 Å². The molecule has 164 valence electrons. The van der Waals surface area contributed by atoms with E-state index in [2.05, 4.69) is 10.2 Å². The number of methoxy groups -OCH3 is 2. The molecule has 1 aromatic heterocycles. The maximum absolute atomic E-state index is 14.2. The topological polar surface area (TPSA) is 104 Å². The number of phenols is 1. The van der Waals surface area contributed by atoms with E-state index in [4.69, 9.17) is 9.47 Å². The highest BCUT2D eigenvalue weighted by atomic mass is 19.2. The van der Waals surface area contributed by atoms with E-state index < -0.39 is 34.9 Å². The number of halogens is 3. The van der Waals surface area contributed by atoms with Crippen LogP contribution in [0, 0.1) is 17.5 Å². The van der Waals surface area contributed by atoms with Gasteiger partial charge < -0.3 is 19.7 Å². The van der Waals surface area contributed by atoms with Crippen LogP contribution in [0.3, 0.4) is 0 Å². The molecule has 0 aliphatic heterocycles. The van der Waals surface area contributed by atoms with Gasteiger partial charge >= 0.3 is 5.97 Å². The molecule has 0 fully saturated rings. The van der Waals surface area contributed by atoms with Gasteiger partial charge in [-0.1, -0.05) is 6.07 Å². The molecule has 1 heterocycles. The molecule has 3 rings (SSSR count). The minimum atomic E-state index is -1.33. The molecule has 1 atom stereocenters. The van der Waals surface area contributed by atoms with Gasteiger partial charge in [0.25, 0.3) is 5.56 Å². The number of H-pyrrole nitrogens is 2. The van der Waals surface area contributed by atoms with Crippen molar-refractivity contribution in [3.63, 3.8) is 0 Å². The van der Waals surface area contributed by atoms with Gasteiger partial charge in [-0.15, -0.1) is 0 Å². The molecule has 0 aliphatic rings. The number of ether oxygens (including phenoxy) is 2. The van der Waals surface area contributed by atoms with E-state index >= 15 is 0 Å². The zero-order chi connectivity index (χ0) is 22.7. The number of hydrogen-bond donors (Lipinski definition) is 3. The van der Waals surface area contributed by atoms with Crippen molar-refractivity contribution in [2.45, 2.75) is 18.8 Å². The monoisotopic (exact) mass is 436 g/mol. The molecule has 3 aromatic rings. The van der Waals surface area contributed by atoms with Crippen molar-refractivity contribution in [1.82, 2.24) is 10.2 Å². The minimum Gasteiger partial charge on any atom is -0.504 e. The number of aromatic hydroxyl groups is 1. The highest BCUT2D eigenvalue weighted by molar-refractivity contribution is 5.71. The molecule has 31 heavy (non-hydrogen) atoms. The van der Waals surface area contributed by atoms with Crippen molar-refractivity contribution in [3.05, 3.63) is 80.5 Å². The average molecular weight is 436 g/mol.